The lowest BCUT2D eigenvalue weighted by molar-refractivity contribution is -0.368. The summed E-state index contributed by atoms with van der Waals surface area (Å²) in [4.78, 5) is 176. The Morgan fingerprint density at radius 3 is 1.93 bits per heavy atom. The highest BCUT2D eigenvalue weighted by Crippen LogP contribution is 2.31. The molecule has 3 aliphatic rings. The first-order valence-corrected chi connectivity index (χ1v) is 36.3. The van der Waals surface area contributed by atoms with Crippen LogP contribution in [0, 0.1) is 5.92 Å². The highest BCUT2D eigenvalue weighted by molar-refractivity contribution is 7.98. The molecular weight excluding hydrogens is 1320 g/mol. The number of hydrogen-bond donors (Lipinski definition) is 13. The predicted octanol–water partition coefficient (Wildman–Crippen LogP) is 1.47. The van der Waals surface area contributed by atoms with E-state index in [0.29, 0.717) is 96.5 Å². The first-order chi connectivity index (χ1) is 48.1. The molecule has 2 aliphatic heterocycles. The van der Waals surface area contributed by atoms with Gasteiger partial charge in [-0.2, -0.15) is 23.5 Å². The van der Waals surface area contributed by atoms with Gasteiger partial charge in [0, 0.05) is 115 Å². The van der Waals surface area contributed by atoms with Crippen molar-refractivity contribution in [2.75, 3.05) is 45.2 Å². The van der Waals surface area contributed by atoms with E-state index in [2.05, 4.69) is 57.6 Å². The quantitative estimate of drug-likeness (QED) is 0.0648. The van der Waals surface area contributed by atoms with E-state index in [-0.39, 0.29) is 69.1 Å². The summed E-state index contributed by atoms with van der Waals surface area (Å²) in [6.45, 7) is 0.176. The molecule has 0 spiro atoms. The zero-order valence-electron chi connectivity index (χ0n) is 56.3. The second kappa shape index (κ2) is 36.2. The van der Waals surface area contributed by atoms with Gasteiger partial charge in [-0.1, -0.05) is 60.7 Å². The number of para-hydroxylation sites is 2. The maximum Gasteiger partial charge on any atom is 0.305 e. The number of nitrogens with two attached hydrogens (primary N) is 1. The zero-order chi connectivity index (χ0) is 71.4. The molecule has 6 aromatic rings. The lowest BCUT2D eigenvalue weighted by atomic mass is 9.83. The number of carbonyl (C=O) groups is 11. The van der Waals surface area contributed by atoms with Crippen LogP contribution in [0.2, 0.25) is 0 Å². The number of fused-ring (bicyclic) bond motifs is 5. The van der Waals surface area contributed by atoms with Crippen LogP contribution in [0.1, 0.15) is 105 Å². The van der Waals surface area contributed by atoms with E-state index >= 15 is 19.2 Å². The van der Waals surface area contributed by atoms with Gasteiger partial charge in [-0.05, 0) is 105 Å². The Labute approximate surface area is 587 Å². The first-order valence-electron chi connectivity index (χ1n) is 34.0. The van der Waals surface area contributed by atoms with Crippen molar-refractivity contribution in [2.24, 2.45) is 11.7 Å². The van der Waals surface area contributed by atoms with E-state index in [0.717, 1.165) is 22.0 Å². The summed E-state index contributed by atoms with van der Waals surface area (Å²) in [5, 5.41) is 38.9. The van der Waals surface area contributed by atoms with Crippen LogP contribution in [0.4, 0.5) is 0 Å². The predicted molar refractivity (Wildman–Crippen MR) is 376 cm³/mol. The van der Waals surface area contributed by atoms with E-state index in [4.69, 9.17) is 5.73 Å². The summed E-state index contributed by atoms with van der Waals surface area (Å²) in [5.74, 6) is -7.69. The van der Waals surface area contributed by atoms with Crippen LogP contribution in [-0.2, 0) is 83.5 Å². The molecule has 9 rings (SSSR count). The van der Waals surface area contributed by atoms with Crippen molar-refractivity contribution in [3.63, 3.8) is 0 Å². The van der Waals surface area contributed by atoms with Gasteiger partial charge in [-0.15, -0.1) is 0 Å². The van der Waals surface area contributed by atoms with Gasteiger partial charge in [0.05, 0.1) is 31.9 Å². The average molecular weight is 1420 g/mol. The number of unbranched alkanes of at least 4 members (excludes halogenated alkanes) is 1. The SMILES string of the molecule is CN1CC(=O)N(C)[C@@H](Cc2c[nH]c3ccccc23)C(=O)N[C@@H](Cc2c[nH]c3ccccc23)C(=O)N[C@@H](CC(=O)O)C(=O)N[C@@H](Cc2cnc[nH]2)C(=O)N[C@@H](CC2CCC(O)CC2)C(=O)N2CCC[C@H]2C(=O)N[C@H](C(N)=O)CSCc2cccc(c2)CSCCC(=O)N[C@@H](CCCC[NH3+])C1=O. The molecule has 1 aliphatic carbocycles. The van der Waals surface area contributed by atoms with E-state index in [1.807, 2.05) is 48.5 Å². The molecular formula is C70H92N15O13S2+. The zero-order valence-corrected chi connectivity index (χ0v) is 58.0. The number of carboxylic acid groups (broad SMARTS) is 1. The molecule has 2 bridgehead atoms. The van der Waals surface area contributed by atoms with Crippen LogP contribution in [0.25, 0.3) is 21.8 Å². The van der Waals surface area contributed by atoms with Gasteiger partial charge < -0.3 is 83.2 Å². The number of carbonyl (C=O) groups excluding carboxylic acids is 10. The summed E-state index contributed by atoms with van der Waals surface area (Å²) >= 11 is 2.89. The van der Waals surface area contributed by atoms with Gasteiger partial charge in [-0.3, -0.25) is 52.7 Å². The fourth-order valence-electron chi connectivity index (χ4n) is 13.2. The third kappa shape index (κ3) is 20.7. The van der Waals surface area contributed by atoms with Crippen molar-refractivity contribution in [1.82, 2.24) is 66.5 Å². The number of aliphatic carboxylic acids is 1. The number of thioether (sulfide) groups is 2. The minimum Gasteiger partial charge on any atom is -0.481 e. The fraction of sp³-hybridized carbons (Fsp3) is 0.486. The Bertz CT molecular complexity index is 3860. The molecule has 1 saturated carbocycles. The van der Waals surface area contributed by atoms with Crippen LogP contribution in [0.15, 0.2) is 97.7 Å². The number of aromatic nitrogens is 4. The monoisotopic (exact) mass is 1410 g/mol. The molecule has 3 aromatic heterocycles. The molecule has 8 atom stereocenters. The summed E-state index contributed by atoms with van der Waals surface area (Å²) < 4.78 is 0. The molecule has 0 unspecified atom stereocenters. The topological polar surface area (TPSA) is 424 Å². The number of nitrogens with zero attached hydrogens (tertiary/aromatic N) is 4. The van der Waals surface area contributed by atoms with Crippen molar-refractivity contribution in [1.29, 1.82) is 0 Å². The van der Waals surface area contributed by atoms with Crippen molar-refractivity contribution in [2.45, 2.75) is 162 Å². The van der Waals surface area contributed by atoms with Crippen LogP contribution in [0.5, 0.6) is 0 Å². The van der Waals surface area contributed by atoms with E-state index < -0.39 is 127 Å². The van der Waals surface area contributed by atoms with Crippen LogP contribution in [-0.4, -0.2) is 210 Å². The standard InChI is InChI=1S/C70H91N15O13S2/c1-83-36-61(88)84(2)59(30-45-34-75-51-16-6-4-14-49(45)51)68(96)80-53(29-44-33-74-50-15-5-3-13-48(44)50)64(92)79-55(32-62(89)90)66(94)78-54(31-46-35-73-40-76-46)65(93)81-56(28-41-19-21-47(86)22-20-41)70(98)85-25-10-18-58(85)67(95)82-57(63(72)91)39-100-38-43-12-9-11-42(27-43)37-99-26-23-60(87)77-52(69(83)97)17-7-8-24-71/h3-6,9,11-16,27,33-35,40-41,47,52-59,74-75,86H,7-8,10,17-26,28-32,36-39,71H2,1-2H3,(H2,72,91)(H,73,76)(H,77,87)(H,78,94)(H,79,92)(H,80,96)(H,81,93)(H,82,95)(H,89,90)/p+1/t41?,47?,52-,53-,54-,55-,56-,57-,58-,59-/m0/s1. The number of aliphatic hydroxyl groups excluding tert-OH is 1. The van der Waals surface area contributed by atoms with Crippen LogP contribution in [0.3, 0.4) is 0 Å². The van der Waals surface area contributed by atoms with Gasteiger partial charge in [0.1, 0.15) is 48.3 Å². The van der Waals surface area contributed by atoms with Gasteiger partial charge >= 0.3 is 5.97 Å². The molecule has 16 N–H and O–H groups in total. The average Bonchev–Trinajstić information content (AvgIpc) is 1.61. The number of aromatic amines is 3. The minimum atomic E-state index is -1.92. The van der Waals surface area contributed by atoms with Crippen molar-refractivity contribution in [3.8, 4) is 0 Å². The maximum absolute atomic E-state index is 15.4. The minimum absolute atomic E-state index is 0.0750. The largest absolute Gasteiger partial charge is 0.481 e. The normalized spacial score (nSPS) is 24.7. The van der Waals surface area contributed by atoms with Crippen molar-refractivity contribution in [3.05, 3.63) is 126 Å². The van der Waals surface area contributed by atoms with E-state index in [9.17, 15) is 43.8 Å². The number of likely N-dealkylation sites (N-methyl/N-ethyl adjacent to an activating group) is 2. The number of aliphatic hydroxyl groups is 1. The smallest absolute Gasteiger partial charge is 0.305 e. The number of amides is 10. The fourth-order valence-corrected chi connectivity index (χ4v) is 15.1. The number of carboxylic acids is 1. The summed E-state index contributed by atoms with van der Waals surface area (Å²) in [5.41, 5.74) is 14.6. The lowest BCUT2D eigenvalue weighted by Crippen LogP contribution is -2.61. The van der Waals surface area contributed by atoms with Gasteiger partial charge in [0.15, 0.2) is 0 Å². The Kier molecular flexibility index (Phi) is 27.1. The molecule has 28 nitrogen and oxygen atoms in total. The first kappa shape index (κ1) is 75.0. The van der Waals surface area contributed by atoms with Crippen LogP contribution < -0.4 is 43.4 Å². The van der Waals surface area contributed by atoms with E-state index in [1.165, 1.54) is 64.8 Å². The van der Waals surface area contributed by atoms with Crippen molar-refractivity contribution < 1.29 is 68.7 Å². The van der Waals surface area contributed by atoms with E-state index in [1.54, 1.807) is 36.7 Å². The Morgan fingerprint density at radius 1 is 0.660 bits per heavy atom. The Hall–Kier alpha value is -9.26. The highest BCUT2D eigenvalue weighted by Gasteiger charge is 2.42. The third-order valence-corrected chi connectivity index (χ3v) is 20.9. The summed E-state index contributed by atoms with van der Waals surface area (Å²) in [6, 6.07) is 11.3. The number of quaternary nitrogens is 1. The number of H-pyrrole nitrogens is 3. The third-order valence-electron chi connectivity index (χ3n) is 18.8. The highest BCUT2D eigenvalue weighted by atomic mass is 32.2. The summed E-state index contributed by atoms with van der Waals surface area (Å²) in [6.07, 6.45) is 8.03. The number of rotatable bonds is 15. The van der Waals surface area contributed by atoms with Gasteiger partial charge in [-0.25, -0.2) is 4.98 Å². The molecule has 1 saturated heterocycles. The van der Waals surface area contributed by atoms with Crippen LogP contribution >= 0.6 is 23.5 Å². The molecule has 5 heterocycles. The molecule has 3 aromatic carbocycles. The second-order valence-electron chi connectivity index (χ2n) is 26.1. The second-order valence-corrected chi connectivity index (χ2v) is 28.3. The number of imidazole rings is 1. The van der Waals surface area contributed by atoms with Gasteiger partial charge in [0.25, 0.3) is 0 Å². The Balaban J connectivity index is 1.05. The molecule has 536 valence electrons. The molecule has 2 fully saturated rings. The maximum atomic E-state index is 15.4. The number of primary amides is 1. The Morgan fingerprint density at radius 2 is 1.28 bits per heavy atom. The lowest BCUT2D eigenvalue weighted by Gasteiger charge is -2.33. The number of nitrogens with one attached hydrogen (secondary N) is 9. The van der Waals surface area contributed by atoms with Gasteiger partial charge in [0.2, 0.25) is 59.1 Å². The number of hydrogen-bond acceptors (Lipinski definition) is 15. The molecule has 100 heavy (non-hydrogen) atoms. The number of benzene rings is 3. The molecule has 10 amide bonds. The molecule has 30 heteroatoms. The summed E-state index contributed by atoms with van der Waals surface area (Å²) in [7, 11) is 2.83. The van der Waals surface area contributed by atoms with Crippen molar-refractivity contribution >= 4 is 110 Å². The molecule has 0 radical (unpaired) electrons.